The summed E-state index contributed by atoms with van der Waals surface area (Å²) in [6.07, 6.45) is -4.50. The first-order chi connectivity index (χ1) is 13.4. The summed E-state index contributed by atoms with van der Waals surface area (Å²) in [5, 5.41) is 2.52. The highest BCUT2D eigenvalue weighted by Gasteiger charge is 2.30. The monoisotopic (exact) mass is 450 g/mol. The fourth-order valence-corrected chi connectivity index (χ4v) is 3.92. The molecule has 1 amide bonds. The highest BCUT2D eigenvalue weighted by Crippen LogP contribution is 2.30. The molecule has 1 atom stereocenters. The van der Waals surface area contributed by atoms with Crippen LogP contribution in [0.1, 0.15) is 19.4 Å². The second kappa shape index (κ2) is 9.02. The van der Waals surface area contributed by atoms with E-state index < -0.39 is 33.7 Å². The van der Waals surface area contributed by atoms with Crippen molar-refractivity contribution < 1.29 is 31.1 Å². The first-order valence-corrected chi connectivity index (χ1v) is 10.2. The molecule has 0 bridgehead atoms. The van der Waals surface area contributed by atoms with Crippen molar-refractivity contribution in [3.05, 3.63) is 53.1 Å². The van der Waals surface area contributed by atoms with E-state index in [1.807, 2.05) is 0 Å². The minimum Gasteiger partial charge on any atom is -0.492 e. The van der Waals surface area contributed by atoms with E-state index in [4.69, 9.17) is 16.3 Å². The average Bonchev–Trinajstić information content (AvgIpc) is 2.62. The van der Waals surface area contributed by atoms with Crippen LogP contribution < -0.4 is 14.8 Å². The van der Waals surface area contributed by atoms with Crippen LogP contribution in [0.25, 0.3) is 0 Å². The average molecular weight is 451 g/mol. The zero-order valence-corrected chi connectivity index (χ0v) is 17.0. The summed E-state index contributed by atoms with van der Waals surface area (Å²) >= 11 is 5.87. The van der Waals surface area contributed by atoms with Crippen LogP contribution in [0, 0.1) is 0 Å². The van der Waals surface area contributed by atoms with Gasteiger partial charge >= 0.3 is 6.18 Å². The lowest BCUT2D eigenvalue weighted by Gasteiger charge is -2.17. The lowest BCUT2D eigenvalue weighted by atomic mass is 10.2. The topological polar surface area (TPSA) is 84.5 Å². The highest BCUT2D eigenvalue weighted by molar-refractivity contribution is 7.89. The van der Waals surface area contributed by atoms with Crippen molar-refractivity contribution in [1.82, 2.24) is 4.72 Å². The standard InChI is InChI=1S/C18H18ClF3N2O4S/c1-3-28-15-9-6-13(19)10-16(15)29(26,27)24-11(2)17(25)23-14-7-4-12(5-8-14)18(20,21)22/h4-11,24H,3H2,1-2H3,(H,23,25). The normalized spacial score (nSPS) is 13.0. The van der Waals surface area contributed by atoms with Gasteiger partial charge in [0.15, 0.2) is 0 Å². The molecule has 158 valence electrons. The number of halogens is 4. The molecular weight excluding hydrogens is 433 g/mol. The van der Waals surface area contributed by atoms with Crippen molar-refractivity contribution in [3.63, 3.8) is 0 Å². The third-order valence-corrected chi connectivity index (χ3v) is 5.50. The van der Waals surface area contributed by atoms with E-state index >= 15 is 0 Å². The van der Waals surface area contributed by atoms with Crippen molar-refractivity contribution in [1.29, 1.82) is 0 Å². The van der Waals surface area contributed by atoms with Gasteiger partial charge in [-0.3, -0.25) is 4.79 Å². The molecule has 2 N–H and O–H groups in total. The number of amides is 1. The van der Waals surface area contributed by atoms with Crippen LogP contribution in [0.3, 0.4) is 0 Å². The van der Waals surface area contributed by atoms with E-state index in [2.05, 4.69) is 10.0 Å². The van der Waals surface area contributed by atoms with Gasteiger partial charge in [0.25, 0.3) is 0 Å². The van der Waals surface area contributed by atoms with Crippen LogP contribution in [0.15, 0.2) is 47.4 Å². The number of alkyl halides is 3. The van der Waals surface area contributed by atoms with Gasteiger partial charge < -0.3 is 10.1 Å². The summed E-state index contributed by atoms with van der Waals surface area (Å²) in [4.78, 5) is 12.0. The third-order valence-electron chi connectivity index (χ3n) is 3.70. The summed E-state index contributed by atoms with van der Waals surface area (Å²) in [6.45, 7) is 3.19. The van der Waals surface area contributed by atoms with Crippen LogP contribution in [0.4, 0.5) is 18.9 Å². The lowest BCUT2D eigenvalue weighted by molar-refractivity contribution is -0.137. The zero-order chi connectivity index (χ0) is 21.8. The summed E-state index contributed by atoms with van der Waals surface area (Å²) in [6, 6.07) is 6.60. The number of rotatable bonds is 7. The maximum Gasteiger partial charge on any atom is 0.416 e. The number of carbonyl (C=O) groups is 1. The Morgan fingerprint density at radius 2 is 1.79 bits per heavy atom. The van der Waals surface area contributed by atoms with Gasteiger partial charge in [0.2, 0.25) is 15.9 Å². The van der Waals surface area contributed by atoms with Gasteiger partial charge in [0.1, 0.15) is 10.6 Å². The fraction of sp³-hybridized carbons (Fsp3) is 0.278. The summed E-state index contributed by atoms with van der Waals surface area (Å²) in [5.74, 6) is -0.687. The molecule has 29 heavy (non-hydrogen) atoms. The fourth-order valence-electron chi connectivity index (χ4n) is 2.31. The molecule has 0 heterocycles. The molecule has 0 aliphatic heterocycles. The van der Waals surface area contributed by atoms with E-state index in [-0.39, 0.29) is 28.0 Å². The summed E-state index contributed by atoms with van der Waals surface area (Å²) in [5.41, 5.74) is -0.777. The van der Waals surface area contributed by atoms with Gasteiger partial charge in [0.05, 0.1) is 18.2 Å². The maximum atomic E-state index is 12.6. The van der Waals surface area contributed by atoms with Crippen LogP contribution in [-0.2, 0) is 21.0 Å². The minimum absolute atomic E-state index is 0.0692. The molecule has 1 unspecified atom stereocenters. The van der Waals surface area contributed by atoms with E-state index in [0.29, 0.717) is 0 Å². The molecule has 2 aromatic rings. The Labute approximate surface area is 171 Å². The van der Waals surface area contributed by atoms with Crippen LogP contribution in [0.2, 0.25) is 5.02 Å². The molecule has 6 nitrogen and oxygen atoms in total. The summed E-state index contributed by atoms with van der Waals surface area (Å²) < 4.78 is 70.5. The van der Waals surface area contributed by atoms with Crippen molar-refractivity contribution >= 4 is 33.2 Å². The second-order valence-corrected chi connectivity index (χ2v) is 8.05. The number of sulfonamides is 1. The SMILES string of the molecule is CCOc1ccc(Cl)cc1S(=O)(=O)NC(C)C(=O)Nc1ccc(C(F)(F)F)cc1. The Morgan fingerprint density at radius 1 is 1.17 bits per heavy atom. The van der Waals surface area contributed by atoms with Gasteiger partial charge in [-0.25, -0.2) is 8.42 Å². The predicted molar refractivity (Wildman–Crippen MR) is 102 cm³/mol. The number of hydrogen-bond acceptors (Lipinski definition) is 4. The Bertz CT molecular complexity index is 980. The Balaban J connectivity index is 2.13. The first-order valence-electron chi connectivity index (χ1n) is 8.37. The van der Waals surface area contributed by atoms with E-state index in [1.165, 1.54) is 25.1 Å². The quantitative estimate of drug-likeness (QED) is 0.666. The van der Waals surface area contributed by atoms with Gasteiger partial charge in [-0.2, -0.15) is 17.9 Å². The number of anilines is 1. The van der Waals surface area contributed by atoms with Crippen molar-refractivity contribution in [2.45, 2.75) is 31.0 Å². The van der Waals surface area contributed by atoms with E-state index in [9.17, 15) is 26.4 Å². The van der Waals surface area contributed by atoms with Gasteiger partial charge in [-0.05, 0) is 56.3 Å². The molecule has 0 spiro atoms. The molecule has 0 aromatic heterocycles. The van der Waals surface area contributed by atoms with Gasteiger partial charge in [0, 0.05) is 10.7 Å². The number of benzene rings is 2. The largest absolute Gasteiger partial charge is 0.492 e. The molecule has 0 fully saturated rings. The van der Waals surface area contributed by atoms with Crippen LogP contribution in [0.5, 0.6) is 5.75 Å². The third kappa shape index (κ3) is 6.09. The van der Waals surface area contributed by atoms with Gasteiger partial charge in [-0.15, -0.1) is 0 Å². The molecule has 0 saturated carbocycles. The molecular formula is C18H18ClF3N2O4S. The van der Waals surface area contributed by atoms with E-state index in [1.54, 1.807) is 6.92 Å². The number of nitrogens with one attached hydrogen (secondary N) is 2. The Morgan fingerprint density at radius 3 is 2.34 bits per heavy atom. The lowest BCUT2D eigenvalue weighted by Crippen LogP contribution is -2.41. The number of hydrogen-bond donors (Lipinski definition) is 2. The number of ether oxygens (including phenoxy) is 1. The molecule has 0 aliphatic rings. The zero-order valence-electron chi connectivity index (χ0n) is 15.4. The Hall–Kier alpha value is -2.30. The smallest absolute Gasteiger partial charge is 0.416 e. The number of carbonyl (C=O) groups excluding carboxylic acids is 1. The molecule has 0 saturated heterocycles. The van der Waals surface area contributed by atoms with E-state index in [0.717, 1.165) is 24.3 Å². The first kappa shape index (κ1) is 23.0. The highest BCUT2D eigenvalue weighted by atomic mass is 35.5. The molecule has 0 aliphatic carbocycles. The van der Waals surface area contributed by atoms with Crippen LogP contribution >= 0.6 is 11.6 Å². The van der Waals surface area contributed by atoms with Crippen molar-refractivity contribution in [3.8, 4) is 5.75 Å². The maximum absolute atomic E-state index is 12.6. The van der Waals surface area contributed by atoms with Crippen molar-refractivity contribution in [2.24, 2.45) is 0 Å². The second-order valence-electron chi connectivity index (χ2n) is 5.93. The van der Waals surface area contributed by atoms with Crippen LogP contribution in [-0.4, -0.2) is 27.0 Å². The van der Waals surface area contributed by atoms with Crippen molar-refractivity contribution in [2.75, 3.05) is 11.9 Å². The molecule has 0 radical (unpaired) electrons. The predicted octanol–water partition coefficient (Wildman–Crippen LogP) is 4.06. The minimum atomic E-state index is -4.50. The molecule has 11 heteroatoms. The summed E-state index contributed by atoms with van der Waals surface area (Å²) in [7, 11) is -4.17. The molecule has 2 rings (SSSR count). The Kier molecular flexibility index (Phi) is 7.15. The molecule has 2 aromatic carbocycles. The van der Waals surface area contributed by atoms with Gasteiger partial charge in [-0.1, -0.05) is 11.6 Å².